The fourth-order valence-electron chi connectivity index (χ4n) is 8.68. The molecule has 0 spiro atoms. The Labute approximate surface area is 396 Å². The summed E-state index contributed by atoms with van der Waals surface area (Å²) in [6.07, 6.45) is 5.63. The predicted octanol–water partition coefficient (Wildman–Crippen LogP) is 9.16. The lowest BCUT2D eigenvalue weighted by Gasteiger charge is -2.42. The normalized spacial score (nSPS) is 21.6. The number of hydrogen-bond acceptors (Lipinski definition) is 13. The van der Waals surface area contributed by atoms with Crippen LogP contribution in [0.4, 0.5) is 5.82 Å². The van der Waals surface area contributed by atoms with Crippen molar-refractivity contribution >= 4 is 26.2 Å². The quantitative estimate of drug-likeness (QED) is 0.0603. The number of anilines is 1. The first-order valence-corrected chi connectivity index (χ1v) is 24.1. The van der Waals surface area contributed by atoms with Crippen LogP contribution in [0.5, 0.6) is 5.75 Å². The maximum absolute atomic E-state index is 12.9. The number of nitriles is 1. The number of methoxy groups -OCH3 is 2. The number of aliphatic imine (C=N–C) groups is 1. The lowest BCUT2D eigenvalue weighted by atomic mass is 9.73. The van der Waals surface area contributed by atoms with Gasteiger partial charge in [0.1, 0.15) is 46.9 Å². The Hall–Kier alpha value is -5.43. The van der Waals surface area contributed by atoms with Gasteiger partial charge >= 0.3 is 0 Å². The molecular weight excluding hydrogens is 870 g/mol. The molecule has 7 rings (SSSR count). The zero-order valence-corrected chi connectivity index (χ0v) is 40.6. The summed E-state index contributed by atoms with van der Waals surface area (Å²) in [4.78, 5) is 22.2. The number of allylic oxidation sites excluding steroid dienone is 2. The maximum Gasteiger partial charge on any atom is 0.259 e. The number of nitrogens with one attached hydrogen (secondary N) is 2. The molecule has 1 amide bonds. The topological polar surface area (TPSA) is 163 Å². The van der Waals surface area contributed by atoms with Crippen molar-refractivity contribution < 1.29 is 37.5 Å². The van der Waals surface area contributed by atoms with E-state index in [1.165, 1.54) is 0 Å². The summed E-state index contributed by atoms with van der Waals surface area (Å²) >= 11 is 0. The number of carbonyl (C=O) groups is 1. The first-order chi connectivity index (χ1) is 32.5. The third kappa shape index (κ3) is 11.5. The van der Waals surface area contributed by atoms with Crippen molar-refractivity contribution in [3.05, 3.63) is 138 Å². The van der Waals surface area contributed by atoms with Gasteiger partial charge in [-0.2, -0.15) is 5.26 Å². The van der Waals surface area contributed by atoms with Gasteiger partial charge in [-0.05, 0) is 75.1 Å². The second kappa shape index (κ2) is 23.0. The predicted molar refractivity (Wildman–Crippen MR) is 257 cm³/mol. The highest BCUT2D eigenvalue weighted by Gasteiger charge is 2.52. The number of benzene rings is 3. The molecule has 1 aromatic heterocycles. The molecule has 7 atom stereocenters. The van der Waals surface area contributed by atoms with Crippen molar-refractivity contribution in [2.75, 3.05) is 32.8 Å². The summed E-state index contributed by atoms with van der Waals surface area (Å²) in [6.45, 7) is 12.8. The molecule has 3 aliphatic rings. The standard InChI is InChI=1S/C51H64N7O8P/c1-34(2)48(59)56-50-53-30-43-47(55-50)57(33-54-43)49-46(62-31-37-16-11-9-12-17-37)45(66-67(64-29-15-28-52)58(35(3)4)36(5)6)44(65-49)32-63-51(38-18-13-10-14-19-38,39-20-24-41(60-7)25-21-39)40-22-26-42(61-8)27-23-40/h9-14,16-22,24-27,33-36,40,44-46,49H,15,23,29-32H2,1-8H3,(H2,53,55,56,59). The maximum atomic E-state index is 12.9. The number of rotatable bonds is 21. The molecule has 1 saturated heterocycles. The molecule has 7 unspecified atom stereocenters. The molecule has 3 aromatic carbocycles. The van der Waals surface area contributed by atoms with Crippen LogP contribution in [-0.4, -0.2) is 83.9 Å². The van der Waals surface area contributed by atoms with Crippen LogP contribution in [0, 0.1) is 23.2 Å². The van der Waals surface area contributed by atoms with Gasteiger partial charge in [-0.25, -0.2) is 14.6 Å². The minimum atomic E-state index is -1.79. The van der Waals surface area contributed by atoms with E-state index in [0.717, 1.165) is 28.2 Å². The Bertz CT molecular complexity index is 2360. The average molecular weight is 934 g/mol. The Balaban J connectivity index is 1.35. The number of amides is 1. The summed E-state index contributed by atoms with van der Waals surface area (Å²) in [7, 11) is 1.54. The van der Waals surface area contributed by atoms with E-state index in [-0.39, 0.29) is 62.6 Å². The summed E-state index contributed by atoms with van der Waals surface area (Å²) in [5.41, 5.74) is 2.46. The molecule has 3 heterocycles. The van der Waals surface area contributed by atoms with Crippen LogP contribution in [0.25, 0.3) is 0 Å². The van der Waals surface area contributed by atoms with Crippen LogP contribution in [0.15, 0.2) is 120 Å². The molecule has 0 saturated carbocycles. The van der Waals surface area contributed by atoms with Gasteiger partial charge in [-0.1, -0.05) is 92.7 Å². The van der Waals surface area contributed by atoms with Gasteiger partial charge in [-0.15, -0.1) is 0 Å². The highest BCUT2D eigenvalue weighted by Crippen LogP contribution is 2.52. The molecule has 67 heavy (non-hydrogen) atoms. The van der Waals surface area contributed by atoms with Gasteiger partial charge in [0.05, 0.1) is 59.4 Å². The summed E-state index contributed by atoms with van der Waals surface area (Å²) in [5.74, 6) is 1.82. The van der Waals surface area contributed by atoms with Crippen LogP contribution in [0.3, 0.4) is 0 Å². The number of fused-ring (bicyclic) bond motifs is 1. The number of nitrogens with zero attached hydrogens (tertiary/aromatic N) is 5. The van der Waals surface area contributed by atoms with Gasteiger partial charge < -0.3 is 38.0 Å². The minimum absolute atomic E-state index is 0.0252. The molecule has 2 N–H and O–H groups in total. The first-order valence-electron chi connectivity index (χ1n) is 23.0. The van der Waals surface area contributed by atoms with E-state index in [9.17, 15) is 10.1 Å². The van der Waals surface area contributed by atoms with Crippen LogP contribution >= 0.6 is 8.53 Å². The fourth-order valence-corrected chi connectivity index (χ4v) is 10.4. The number of aromatic nitrogens is 2. The van der Waals surface area contributed by atoms with Crippen LogP contribution in [0.2, 0.25) is 0 Å². The number of carbonyl (C=O) groups excluding carboxylic acids is 1. The number of imidazole rings is 1. The molecule has 2 aliphatic heterocycles. The molecule has 1 fully saturated rings. The second-order valence-corrected chi connectivity index (χ2v) is 18.9. The summed E-state index contributed by atoms with van der Waals surface area (Å²) < 4.78 is 51.2. The van der Waals surface area contributed by atoms with Crippen molar-refractivity contribution in [2.45, 2.75) is 110 Å². The van der Waals surface area contributed by atoms with E-state index in [1.807, 2.05) is 85.2 Å². The number of ether oxygens (including phenoxy) is 5. The molecular formula is C51H64N7O8P. The third-order valence-corrected chi connectivity index (χ3v) is 14.1. The Morgan fingerprint density at radius 2 is 1.67 bits per heavy atom. The number of guanidine groups is 1. The van der Waals surface area contributed by atoms with Gasteiger partial charge in [0.2, 0.25) is 11.9 Å². The van der Waals surface area contributed by atoms with E-state index in [4.69, 9.17) is 37.7 Å². The molecule has 0 radical (unpaired) electrons. The minimum Gasteiger partial charge on any atom is -0.497 e. The van der Waals surface area contributed by atoms with Gasteiger partial charge in [0.25, 0.3) is 8.53 Å². The van der Waals surface area contributed by atoms with Crippen molar-refractivity contribution in [1.82, 2.24) is 19.5 Å². The van der Waals surface area contributed by atoms with Crippen molar-refractivity contribution in [3.8, 4) is 11.8 Å². The van der Waals surface area contributed by atoms with E-state index in [2.05, 4.69) is 90.5 Å². The molecule has 1 aliphatic carbocycles. The second-order valence-electron chi connectivity index (χ2n) is 17.5. The van der Waals surface area contributed by atoms with E-state index < -0.39 is 38.7 Å². The average Bonchev–Trinajstić information content (AvgIpc) is 3.91. The highest BCUT2D eigenvalue weighted by atomic mass is 31.2. The molecule has 15 nitrogen and oxygen atoms in total. The van der Waals surface area contributed by atoms with Crippen molar-refractivity contribution in [1.29, 1.82) is 5.26 Å². The summed E-state index contributed by atoms with van der Waals surface area (Å²) in [6, 6.07) is 30.5. The van der Waals surface area contributed by atoms with E-state index >= 15 is 0 Å². The SMILES string of the molecule is COC1=CCC(C(OCC2OC(n3cnc4c3NC(NC(=O)C(C)C)=NC4)C(OCc3ccccc3)C2OP(OCCC#N)N(C(C)C)C(C)C)(c2ccccc2)c2ccc(OC)cc2)C=C1. The van der Waals surface area contributed by atoms with E-state index in [0.29, 0.717) is 23.9 Å². The summed E-state index contributed by atoms with van der Waals surface area (Å²) in [5, 5.41) is 15.9. The van der Waals surface area contributed by atoms with E-state index in [1.54, 1.807) is 20.5 Å². The lowest BCUT2D eigenvalue weighted by Crippen LogP contribution is -2.44. The zero-order valence-electron chi connectivity index (χ0n) is 39.7. The fraction of sp³-hybridized carbons (Fsp3) is 0.451. The van der Waals surface area contributed by atoms with Gasteiger partial charge in [0.15, 0.2) is 6.23 Å². The molecule has 16 heteroatoms. The molecule has 4 aromatic rings. The molecule has 356 valence electrons. The first kappa shape index (κ1) is 49.5. The van der Waals surface area contributed by atoms with Crippen molar-refractivity contribution in [3.63, 3.8) is 0 Å². The van der Waals surface area contributed by atoms with Crippen molar-refractivity contribution in [2.24, 2.45) is 16.8 Å². The lowest BCUT2D eigenvalue weighted by molar-refractivity contribution is -0.122. The Kier molecular flexibility index (Phi) is 17.0. The molecule has 0 bridgehead atoms. The third-order valence-electron chi connectivity index (χ3n) is 12.0. The van der Waals surface area contributed by atoms with Gasteiger partial charge in [0, 0.05) is 23.9 Å². The number of hydrogen-bond donors (Lipinski definition) is 2. The highest BCUT2D eigenvalue weighted by molar-refractivity contribution is 7.44. The Morgan fingerprint density at radius 1 is 0.970 bits per heavy atom. The Morgan fingerprint density at radius 3 is 2.30 bits per heavy atom. The monoisotopic (exact) mass is 933 g/mol. The largest absolute Gasteiger partial charge is 0.497 e. The van der Waals surface area contributed by atoms with Gasteiger partial charge in [-0.3, -0.25) is 14.7 Å². The zero-order chi connectivity index (χ0) is 47.5. The smallest absolute Gasteiger partial charge is 0.259 e. The van der Waals surface area contributed by atoms with Crippen LogP contribution in [0.1, 0.15) is 83.0 Å². The van der Waals surface area contributed by atoms with Crippen LogP contribution in [-0.2, 0) is 51.5 Å². The van der Waals surface area contributed by atoms with Crippen LogP contribution < -0.4 is 15.4 Å².